The van der Waals surface area contributed by atoms with Crippen molar-refractivity contribution in [1.82, 2.24) is 21.3 Å². The smallest absolute Gasteiger partial charge is 0.315 e. The van der Waals surface area contributed by atoms with Crippen molar-refractivity contribution in [3.8, 4) is 0 Å². The Morgan fingerprint density at radius 3 is 1.43 bits per heavy atom. The Labute approximate surface area is 169 Å². The number of unbranched alkanes of at least 4 members (excludes halogenated alkanes) is 6. The van der Waals surface area contributed by atoms with Crippen LogP contribution in [-0.2, 0) is 0 Å². The maximum absolute atomic E-state index is 12.1. The van der Waals surface area contributed by atoms with Gasteiger partial charge in [0.1, 0.15) is 0 Å². The molecule has 2 atom stereocenters. The second kappa shape index (κ2) is 16.4. The number of nitrogens with one attached hydrogen (secondary N) is 4. The number of carbonyl (C=O) groups excluding carboxylic acids is 2. The van der Waals surface area contributed by atoms with Gasteiger partial charge in [-0.05, 0) is 38.5 Å². The van der Waals surface area contributed by atoms with Gasteiger partial charge in [0.25, 0.3) is 0 Å². The second-order valence-electron chi connectivity index (χ2n) is 7.57. The van der Waals surface area contributed by atoms with E-state index in [9.17, 15) is 9.59 Å². The van der Waals surface area contributed by atoms with Crippen molar-refractivity contribution >= 4 is 12.1 Å². The summed E-state index contributed by atoms with van der Waals surface area (Å²) in [6.45, 7) is 1.69. The van der Waals surface area contributed by atoms with Crippen LogP contribution in [0.15, 0.2) is 0 Å². The van der Waals surface area contributed by atoms with Crippen LogP contribution in [-0.4, -0.2) is 60.7 Å². The Morgan fingerprint density at radius 1 is 0.643 bits per heavy atom. The summed E-state index contributed by atoms with van der Waals surface area (Å²) in [6.07, 6.45) is 11.2. The summed E-state index contributed by atoms with van der Waals surface area (Å²) in [7, 11) is 0. The predicted molar refractivity (Wildman–Crippen MR) is 110 cm³/mol. The molecule has 0 radical (unpaired) electrons. The van der Waals surface area contributed by atoms with Crippen molar-refractivity contribution < 1.29 is 19.8 Å². The maximum Gasteiger partial charge on any atom is 0.315 e. The van der Waals surface area contributed by atoms with Gasteiger partial charge in [-0.2, -0.15) is 0 Å². The van der Waals surface area contributed by atoms with E-state index < -0.39 is 0 Å². The lowest BCUT2D eigenvalue weighted by Gasteiger charge is -2.32. The van der Waals surface area contributed by atoms with Crippen LogP contribution in [0.4, 0.5) is 9.59 Å². The first-order valence-corrected chi connectivity index (χ1v) is 11.0. The van der Waals surface area contributed by atoms with Crippen molar-refractivity contribution in [2.45, 2.75) is 89.1 Å². The van der Waals surface area contributed by atoms with Gasteiger partial charge in [0.05, 0.1) is 12.1 Å². The summed E-state index contributed by atoms with van der Waals surface area (Å²) in [6, 6.07) is -0.438. The number of aliphatic hydroxyl groups excluding tert-OH is 2. The first kappa shape index (κ1) is 24.5. The number of rotatable bonds is 14. The molecule has 0 aliphatic heterocycles. The molecule has 0 aromatic carbocycles. The van der Waals surface area contributed by atoms with Gasteiger partial charge in [-0.1, -0.05) is 38.5 Å². The van der Waals surface area contributed by atoms with Crippen molar-refractivity contribution in [2.75, 3.05) is 26.3 Å². The summed E-state index contributed by atoms with van der Waals surface area (Å²) in [5.41, 5.74) is 0. The lowest BCUT2D eigenvalue weighted by Crippen LogP contribution is -2.56. The SMILES string of the molecule is O=C(NCCCCCCO)N[C@H]1CCCC[C@@H]1NC(=O)NCCCCCCO. The van der Waals surface area contributed by atoms with E-state index in [-0.39, 0.29) is 37.4 Å². The molecule has 0 bridgehead atoms. The van der Waals surface area contributed by atoms with Gasteiger partial charge in [-0.15, -0.1) is 0 Å². The second-order valence-corrected chi connectivity index (χ2v) is 7.57. The molecular formula is C20H40N4O4. The van der Waals surface area contributed by atoms with Crippen LogP contribution in [0.1, 0.15) is 77.0 Å². The third kappa shape index (κ3) is 12.0. The van der Waals surface area contributed by atoms with E-state index in [1.165, 1.54) is 0 Å². The van der Waals surface area contributed by atoms with Crippen molar-refractivity contribution in [2.24, 2.45) is 0 Å². The van der Waals surface area contributed by atoms with Crippen molar-refractivity contribution in [3.63, 3.8) is 0 Å². The lowest BCUT2D eigenvalue weighted by atomic mass is 9.90. The van der Waals surface area contributed by atoms with E-state index in [2.05, 4.69) is 21.3 Å². The van der Waals surface area contributed by atoms with Gasteiger partial charge in [0.2, 0.25) is 0 Å². The van der Waals surface area contributed by atoms with Crippen LogP contribution < -0.4 is 21.3 Å². The largest absolute Gasteiger partial charge is 0.396 e. The Hall–Kier alpha value is -1.54. The number of urea groups is 2. The molecule has 1 fully saturated rings. The average Bonchev–Trinajstić information content (AvgIpc) is 2.69. The number of carbonyl (C=O) groups is 2. The fourth-order valence-corrected chi connectivity index (χ4v) is 3.50. The van der Waals surface area contributed by atoms with Crippen LogP contribution in [0.25, 0.3) is 0 Å². The Morgan fingerprint density at radius 2 is 1.04 bits per heavy atom. The summed E-state index contributed by atoms with van der Waals surface area (Å²) in [5, 5.41) is 29.3. The van der Waals surface area contributed by atoms with Gasteiger partial charge in [-0.25, -0.2) is 9.59 Å². The molecule has 0 heterocycles. The molecule has 8 heteroatoms. The van der Waals surface area contributed by atoms with Crippen LogP contribution in [0.3, 0.4) is 0 Å². The van der Waals surface area contributed by atoms with Gasteiger partial charge in [0.15, 0.2) is 0 Å². The Kier molecular flexibility index (Phi) is 14.4. The molecule has 6 N–H and O–H groups in total. The quantitative estimate of drug-likeness (QED) is 0.250. The van der Waals surface area contributed by atoms with E-state index in [0.717, 1.165) is 77.0 Å². The number of amides is 4. The molecular weight excluding hydrogens is 360 g/mol. The summed E-state index contributed by atoms with van der Waals surface area (Å²) < 4.78 is 0. The highest BCUT2D eigenvalue weighted by Crippen LogP contribution is 2.18. The zero-order valence-corrected chi connectivity index (χ0v) is 17.2. The molecule has 0 aromatic rings. The van der Waals surface area contributed by atoms with Crippen molar-refractivity contribution in [3.05, 3.63) is 0 Å². The third-order valence-corrected chi connectivity index (χ3v) is 5.14. The lowest BCUT2D eigenvalue weighted by molar-refractivity contribution is 0.213. The van der Waals surface area contributed by atoms with E-state index in [1.54, 1.807) is 0 Å². The van der Waals surface area contributed by atoms with Crippen molar-refractivity contribution in [1.29, 1.82) is 0 Å². The minimum absolute atomic E-state index is 0.0431. The van der Waals surface area contributed by atoms with E-state index >= 15 is 0 Å². The van der Waals surface area contributed by atoms with E-state index in [4.69, 9.17) is 10.2 Å². The molecule has 1 aliphatic rings. The van der Waals surface area contributed by atoms with Gasteiger partial charge < -0.3 is 31.5 Å². The first-order valence-electron chi connectivity index (χ1n) is 11.0. The predicted octanol–water partition coefficient (Wildman–Crippen LogP) is 2.00. The normalized spacial score (nSPS) is 19.1. The minimum Gasteiger partial charge on any atom is -0.396 e. The highest BCUT2D eigenvalue weighted by molar-refractivity contribution is 5.75. The fourth-order valence-electron chi connectivity index (χ4n) is 3.50. The highest BCUT2D eigenvalue weighted by Gasteiger charge is 2.27. The molecule has 4 amide bonds. The molecule has 28 heavy (non-hydrogen) atoms. The number of hydrogen-bond acceptors (Lipinski definition) is 4. The average molecular weight is 401 g/mol. The van der Waals surface area contributed by atoms with Gasteiger partial charge in [-0.3, -0.25) is 0 Å². The zero-order valence-electron chi connectivity index (χ0n) is 17.2. The summed E-state index contributed by atoms with van der Waals surface area (Å²) in [4.78, 5) is 24.2. The summed E-state index contributed by atoms with van der Waals surface area (Å²) in [5.74, 6) is 0. The first-order chi connectivity index (χ1) is 13.7. The molecule has 1 aliphatic carbocycles. The standard InChI is InChI=1S/C20H40N4O4/c25-15-9-3-1-7-13-21-19(27)23-17-11-5-6-12-18(17)24-20(28)22-14-8-2-4-10-16-26/h17-18,25-26H,1-16H2,(H2,21,23,27)(H2,22,24,28)/t17-,18-/m0/s1. The number of aliphatic hydroxyl groups is 2. The summed E-state index contributed by atoms with van der Waals surface area (Å²) >= 11 is 0. The third-order valence-electron chi connectivity index (χ3n) is 5.14. The fraction of sp³-hybridized carbons (Fsp3) is 0.900. The van der Waals surface area contributed by atoms with Crippen LogP contribution in [0, 0.1) is 0 Å². The molecule has 0 aromatic heterocycles. The molecule has 1 saturated carbocycles. The van der Waals surface area contributed by atoms with Gasteiger partial charge >= 0.3 is 12.1 Å². The molecule has 8 nitrogen and oxygen atoms in total. The molecule has 164 valence electrons. The van der Waals surface area contributed by atoms with Crippen LogP contribution in [0.2, 0.25) is 0 Å². The molecule has 1 rings (SSSR count). The van der Waals surface area contributed by atoms with E-state index in [1.807, 2.05) is 0 Å². The van der Waals surface area contributed by atoms with Crippen LogP contribution in [0.5, 0.6) is 0 Å². The molecule has 0 saturated heterocycles. The number of hydrogen-bond donors (Lipinski definition) is 6. The Bertz CT molecular complexity index is 385. The molecule has 0 unspecified atom stereocenters. The minimum atomic E-state index is -0.176. The van der Waals surface area contributed by atoms with Gasteiger partial charge in [0, 0.05) is 26.3 Å². The van der Waals surface area contributed by atoms with Crippen LogP contribution >= 0.6 is 0 Å². The highest BCUT2D eigenvalue weighted by atomic mass is 16.3. The molecule has 0 spiro atoms. The maximum atomic E-state index is 12.1. The van der Waals surface area contributed by atoms with E-state index in [0.29, 0.717) is 13.1 Å². The monoisotopic (exact) mass is 400 g/mol. The zero-order chi connectivity index (χ0) is 20.5. The Balaban J connectivity index is 2.21. The topological polar surface area (TPSA) is 123 Å².